The van der Waals surface area contributed by atoms with Crippen molar-refractivity contribution in [2.75, 3.05) is 6.54 Å². The van der Waals surface area contributed by atoms with Gasteiger partial charge in [-0.05, 0) is 23.8 Å². The Morgan fingerprint density at radius 2 is 2.08 bits per heavy atom. The van der Waals surface area contributed by atoms with Gasteiger partial charge in [0.15, 0.2) is 1.37 Å². The zero-order valence-corrected chi connectivity index (χ0v) is 13.6. The number of hydrogen-bond acceptors (Lipinski definition) is 3. The van der Waals surface area contributed by atoms with E-state index >= 15 is 0 Å². The summed E-state index contributed by atoms with van der Waals surface area (Å²) in [7, 11) is 0. The molecule has 0 atom stereocenters. The topological polar surface area (TPSA) is 65.9 Å². The van der Waals surface area contributed by atoms with Crippen LogP contribution in [-0.2, 0) is 17.9 Å². The molecule has 0 amide bonds. The smallest absolute Gasteiger partial charge is 0.418 e. The predicted molar refractivity (Wildman–Crippen MR) is 92.5 cm³/mol. The fraction of sp³-hybridized carbons (Fsp3) is 0.158. The Labute approximate surface area is 147 Å². The Morgan fingerprint density at radius 3 is 2.76 bits per heavy atom. The highest BCUT2D eigenvalue weighted by Gasteiger charge is 2.14. The van der Waals surface area contributed by atoms with Crippen molar-refractivity contribution in [1.29, 1.82) is 0 Å². The first-order chi connectivity index (χ1) is 12.5. The predicted octanol–water partition coefficient (Wildman–Crippen LogP) is 3.22. The fourth-order valence-electron chi connectivity index (χ4n) is 2.38. The van der Waals surface area contributed by atoms with Crippen molar-refractivity contribution < 1.29 is 20.1 Å². The highest BCUT2D eigenvalue weighted by atomic mass is 19.1. The van der Waals surface area contributed by atoms with Crippen molar-refractivity contribution in [2.24, 2.45) is 0 Å². The minimum absolute atomic E-state index is 0.104. The summed E-state index contributed by atoms with van der Waals surface area (Å²) >= 11 is 0. The summed E-state index contributed by atoms with van der Waals surface area (Å²) < 4.78 is 25.9. The lowest BCUT2D eigenvalue weighted by Crippen LogP contribution is -2.23. The second-order valence-electron chi connectivity index (χ2n) is 5.30. The molecule has 0 aliphatic heterocycles. The largest absolute Gasteiger partial charge is 0.419 e. The van der Waals surface area contributed by atoms with E-state index in [1.165, 1.54) is 12.1 Å². The van der Waals surface area contributed by atoms with Crippen molar-refractivity contribution >= 4 is 12.2 Å². The Morgan fingerprint density at radius 1 is 1.32 bits per heavy atom. The molecule has 6 heteroatoms. The molecule has 2 rings (SSSR count). The van der Waals surface area contributed by atoms with Gasteiger partial charge in [-0.2, -0.15) is 4.79 Å². The average Bonchev–Trinajstić information content (AvgIpc) is 2.64. The molecule has 0 radical (unpaired) electrons. The second kappa shape index (κ2) is 9.27. The Balaban J connectivity index is 2.24. The molecule has 0 aromatic heterocycles. The molecular weight excluding hydrogens is 321 g/mol. The first kappa shape index (κ1) is 16.8. The van der Waals surface area contributed by atoms with E-state index in [9.17, 15) is 9.18 Å². The fourth-order valence-corrected chi connectivity index (χ4v) is 2.38. The number of benzene rings is 2. The molecule has 5 nitrogen and oxygen atoms in total. The van der Waals surface area contributed by atoms with E-state index in [1.807, 2.05) is 35.2 Å². The van der Waals surface area contributed by atoms with Crippen molar-refractivity contribution in [3.63, 3.8) is 0 Å². The minimum atomic E-state index is -1.13. The molecule has 0 heterocycles. The number of nitrogens with zero attached hydrogens (tertiary/aromatic N) is 3. The Kier molecular flexibility index (Phi) is 6.22. The van der Waals surface area contributed by atoms with Crippen LogP contribution in [0.25, 0.3) is 5.53 Å². The van der Waals surface area contributed by atoms with Gasteiger partial charge in [0, 0.05) is 25.2 Å². The summed E-state index contributed by atoms with van der Waals surface area (Å²) in [5, 5.41) is 0. The van der Waals surface area contributed by atoms with Crippen LogP contribution in [0.3, 0.4) is 0 Å². The molecule has 2 aromatic carbocycles. The lowest BCUT2D eigenvalue weighted by molar-refractivity contribution is -0.130. The van der Waals surface area contributed by atoms with Gasteiger partial charge in [0.05, 0.1) is 0 Å². The van der Waals surface area contributed by atoms with Crippen LogP contribution >= 0.6 is 0 Å². The summed E-state index contributed by atoms with van der Waals surface area (Å²) in [4.78, 5) is 16.1. The van der Waals surface area contributed by atoms with Crippen molar-refractivity contribution in [2.45, 2.75) is 13.1 Å². The van der Waals surface area contributed by atoms with Crippen LogP contribution in [0, 0.1) is 5.82 Å². The number of carbonyl (C=O) groups excluding carboxylic acids is 1. The molecule has 0 saturated heterocycles. The highest BCUT2D eigenvalue weighted by Crippen LogP contribution is 2.22. The lowest BCUT2D eigenvalue weighted by Gasteiger charge is -2.22. The molecule has 0 saturated carbocycles. The summed E-state index contributed by atoms with van der Waals surface area (Å²) in [6.07, 6.45) is 0.793. The molecule has 25 heavy (non-hydrogen) atoms. The molecular formula is C19H18FN3O2. The molecule has 2 aromatic rings. The quantitative estimate of drug-likeness (QED) is 0.185. The molecule has 0 aliphatic rings. The number of ether oxygens (including phenoxy) is 1. The Bertz CT molecular complexity index is 836. The first-order valence-corrected chi connectivity index (χ1v) is 7.60. The van der Waals surface area contributed by atoms with E-state index in [2.05, 4.69) is 11.4 Å². The lowest BCUT2D eigenvalue weighted by atomic mass is 10.1. The van der Waals surface area contributed by atoms with Crippen LogP contribution in [-0.4, -0.2) is 28.4 Å². The molecule has 0 bridgehead atoms. The van der Waals surface area contributed by atoms with Crippen LogP contribution in [0.5, 0.6) is 5.75 Å². The van der Waals surface area contributed by atoms with Crippen molar-refractivity contribution in [3.8, 4) is 5.75 Å². The number of carbonyl (C=O) groups is 1. The first-order valence-electron chi connectivity index (χ1n) is 8.10. The van der Waals surface area contributed by atoms with Gasteiger partial charge in [0.25, 0.3) is 0 Å². The monoisotopic (exact) mass is 340 g/mol. The summed E-state index contributed by atoms with van der Waals surface area (Å²) in [6, 6.07) is 13.5. The average molecular weight is 340 g/mol. The van der Waals surface area contributed by atoms with E-state index < -0.39 is 18.0 Å². The van der Waals surface area contributed by atoms with Gasteiger partial charge in [-0.15, -0.1) is 6.58 Å². The van der Waals surface area contributed by atoms with Gasteiger partial charge in [0.2, 0.25) is 0 Å². The number of rotatable bonds is 8. The second-order valence-corrected chi connectivity index (χ2v) is 5.30. The van der Waals surface area contributed by atoms with Crippen LogP contribution in [0.1, 0.15) is 12.5 Å². The normalized spacial score (nSPS) is 10.7. The molecule has 0 aliphatic carbocycles. The van der Waals surface area contributed by atoms with Gasteiger partial charge in [0.1, 0.15) is 11.6 Å². The van der Waals surface area contributed by atoms with Crippen LogP contribution in [0.15, 0.2) is 61.2 Å². The van der Waals surface area contributed by atoms with Gasteiger partial charge in [-0.25, -0.2) is 9.18 Å². The van der Waals surface area contributed by atoms with Crippen LogP contribution < -0.4 is 4.74 Å². The van der Waals surface area contributed by atoms with E-state index in [0.29, 0.717) is 25.2 Å². The summed E-state index contributed by atoms with van der Waals surface area (Å²) in [6.45, 7) is 5.17. The number of halogens is 1. The number of hydrogen-bond donors (Lipinski definition) is 0. The highest BCUT2D eigenvalue weighted by molar-refractivity contribution is 6.21. The van der Waals surface area contributed by atoms with Gasteiger partial charge >= 0.3 is 12.2 Å². The molecule has 0 N–H and O–H groups in total. The van der Waals surface area contributed by atoms with E-state index in [-0.39, 0.29) is 5.75 Å². The zero-order chi connectivity index (χ0) is 18.9. The van der Waals surface area contributed by atoms with E-state index in [4.69, 9.17) is 11.6 Å². The van der Waals surface area contributed by atoms with Crippen LogP contribution in [0.2, 0.25) is 0 Å². The minimum Gasteiger partial charge on any atom is -0.418 e. The van der Waals surface area contributed by atoms with Gasteiger partial charge in [-0.1, -0.05) is 36.4 Å². The molecule has 0 fully saturated rings. The SMILES string of the molecule is [2H]C(=[N+]=[N-])C(=O)Oc1ccc(F)cc1CN(CC=C)Cc1ccccc1. The standard InChI is InChI=1S/C19H18FN3O2/c1-2-10-23(13-15-6-4-3-5-7-15)14-16-11-17(20)8-9-18(16)25-19(24)12-22-21/h2-9,11-12H,1,10,13-14H2/i12D. The maximum atomic E-state index is 13.7. The third-order valence-corrected chi connectivity index (χ3v) is 3.40. The third-order valence-electron chi connectivity index (χ3n) is 3.40. The molecule has 0 spiro atoms. The summed E-state index contributed by atoms with van der Waals surface area (Å²) in [5.74, 6) is -1.49. The molecule has 0 unspecified atom stereocenters. The van der Waals surface area contributed by atoms with E-state index in [1.54, 1.807) is 6.08 Å². The zero-order valence-electron chi connectivity index (χ0n) is 14.6. The van der Waals surface area contributed by atoms with Crippen molar-refractivity contribution in [3.05, 3.63) is 83.7 Å². The van der Waals surface area contributed by atoms with E-state index in [0.717, 1.165) is 11.6 Å². The molecule has 128 valence electrons. The van der Waals surface area contributed by atoms with Gasteiger partial charge < -0.3 is 10.3 Å². The maximum absolute atomic E-state index is 13.7. The van der Waals surface area contributed by atoms with Crippen molar-refractivity contribution in [1.82, 2.24) is 4.90 Å². The number of esters is 1. The Hall–Kier alpha value is -3.08. The van der Waals surface area contributed by atoms with Crippen LogP contribution in [0.4, 0.5) is 4.39 Å². The summed E-state index contributed by atoms with van der Waals surface area (Å²) in [5.41, 5.74) is 10.0. The third kappa shape index (κ3) is 5.80. The van der Waals surface area contributed by atoms with Gasteiger partial charge in [-0.3, -0.25) is 4.90 Å². The maximum Gasteiger partial charge on any atom is 0.419 e.